The van der Waals surface area contributed by atoms with E-state index in [0.29, 0.717) is 48.6 Å². The van der Waals surface area contributed by atoms with Gasteiger partial charge in [-0.05, 0) is 66.3 Å². The van der Waals surface area contributed by atoms with E-state index in [-0.39, 0.29) is 11.5 Å². The summed E-state index contributed by atoms with van der Waals surface area (Å²) in [6, 6.07) is 24.1. The molecule has 2 aliphatic heterocycles. The van der Waals surface area contributed by atoms with Crippen molar-refractivity contribution in [1.82, 2.24) is 9.21 Å². The van der Waals surface area contributed by atoms with Crippen LogP contribution < -0.4 is 5.32 Å². The Labute approximate surface area is 256 Å². The first kappa shape index (κ1) is 29.3. The van der Waals surface area contributed by atoms with Gasteiger partial charge in [0.15, 0.2) is 0 Å². The van der Waals surface area contributed by atoms with Crippen molar-refractivity contribution < 1.29 is 22.7 Å². The van der Waals surface area contributed by atoms with E-state index in [1.54, 1.807) is 6.92 Å². The van der Waals surface area contributed by atoms with Crippen molar-refractivity contribution in [2.75, 3.05) is 25.0 Å². The van der Waals surface area contributed by atoms with E-state index in [4.69, 9.17) is 4.74 Å². The molecule has 8 nitrogen and oxygen atoms in total. The highest BCUT2D eigenvalue weighted by Crippen LogP contribution is 2.38. The smallest absolute Gasteiger partial charge is 0.341 e. The number of carbonyl (C=O) groups excluding carboxylic acids is 2. The zero-order valence-electron chi connectivity index (χ0n) is 23.9. The molecule has 3 aromatic carbocycles. The number of esters is 1. The van der Waals surface area contributed by atoms with Crippen molar-refractivity contribution in [3.8, 4) is 0 Å². The van der Waals surface area contributed by atoms with Gasteiger partial charge in [0.05, 0.1) is 17.1 Å². The van der Waals surface area contributed by atoms with Crippen molar-refractivity contribution in [2.24, 2.45) is 0 Å². The second kappa shape index (κ2) is 12.4. The van der Waals surface area contributed by atoms with Crippen LogP contribution in [0.2, 0.25) is 0 Å². The Morgan fingerprint density at radius 3 is 2.35 bits per heavy atom. The standard InChI is InChI=1S/C33H33N3O5S2/c1-2-41-33(38)30-28-17-18-35(20-23-8-4-3-5-9-23)22-29(28)42-32(30)34-31(37)25-12-14-27(15-13-25)43(39,40)36-19-16-24-10-6-7-11-26(24)21-36/h3-15H,2,16-22H2,1H3,(H,34,37). The second-order valence-electron chi connectivity index (χ2n) is 10.7. The third-order valence-electron chi connectivity index (χ3n) is 7.94. The van der Waals surface area contributed by atoms with Crippen LogP contribution in [-0.4, -0.2) is 49.2 Å². The number of sulfonamides is 1. The lowest BCUT2D eigenvalue weighted by atomic mass is 10.0. The molecule has 0 spiro atoms. The Bertz CT molecular complexity index is 1750. The summed E-state index contributed by atoms with van der Waals surface area (Å²) in [6.45, 7) is 4.98. The number of nitrogens with one attached hydrogen (secondary N) is 1. The first-order valence-electron chi connectivity index (χ1n) is 14.4. The van der Waals surface area contributed by atoms with Crippen LogP contribution in [-0.2, 0) is 47.2 Å². The molecule has 4 aromatic rings. The Balaban J connectivity index is 1.19. The number of hydrogen-bond donors (Lipinski definition) is 1. The Morgan fingerprint density at radius 1 is 0.884 bits per heavy atom. The van der Waals surface area contributed by atoms with Crippen molar-refractivity contribution >= 4 is 38.2 Å². The molecule has 0 radical (unpaired) electrons. The van der Waals surface area contributed by atoms with Gasteiger partial charge in [-0.3, -0.25) is 9.69 Å². The van der Waals surface area contributed by atoms with Crippen LogP contribution in [0.4, 0.5) is 5.00 Å². The normalized spacial score (nSPS) is 15.4. The van der Waals surface area contributed by atoms with Crippen LogP contribution in [0.25, 0.3) is 0 Å². The summed E-state index contributed by atoms with van der Waals surface area (Å²) in [5.74, 6) is -0.863. The largest absolute Gasteiger partial charge is 0.462 e. The van der Waals surface area contributed by atoms with E-state index >= 15 is 0 Å². The van der Waals surface area contributed by atoms with E-state index < -0.39 is 21.9 Å². The number of ether oxygens (including phenoxy) is 1. The summed E-state index contributed by atoms with van der Waals surface area (Å²) in [5, 5.41) is 3.38. The molecule has 3 heterocycles. The summed E-state index contributed by atoms with van der Waals surface area (Å²) in [6.07, 6.45) is 1.34. The third-order valence-corrected chi connectivity index (χ3v) is 10.9. The molecule has 0 bridgehead atoms. The van der Waals surface area contributed by atoms with Crippen LogP contribution in [0.15, 0.2) is 83.8 Å². The Morgan fingerprint density at radius 2 is 1.60 bits per heavy atom. The zero-order chi connectivity index (χ0) is 30.0. The second-order valence-corrected chi connectivity index (χ2v) is 13.8. The fraction of sp³-hybridized carbons (Fsp3) is 0.273. The molecule has 10 heteroatoms. The Hall–Kier alpha value is -3.83. The minimum absolute atomic E-state index is 0.140. The maximum Gasteiger partial charge on any atom is 0.341 e. The first-order valence-corrected chi connectivity index (χ1v) is 16.7. The average Bonchev–Trinajstić information content (AvgIpc) is 3.38. The van der Waals surface area contributed by atoms with E-state index in [1.807, 2.05) is 42.5 Å². The van der Waals surface area contributed by atoms with Gasteiger partial charge in [0.2, 0.25) is 10.0 Å². The summed E-state index contributed by atoms with van der Waals surface area (Å²) in [4.78, 5) is 29.9. The van der Waals surface area contributed by atoms with E-state index in [9.17, 15) is 18.0 Å². The zero-order valence-corrected chi connectivity index (χ0v) is 25.5. The third kappa shape index (κ3) is 6.14. The van der Waals surface area contributed by atoms with Gasteiger partial charge in [0, 0.05) is 43.2 Å². The van der Waals surface area contributed by atoms with Crippen molar-refractivity contribution in [1.29, 1.82) is 0 Å². The molecule has 0 unspecified atom stereocenters. The summed E-state index contributed by atoms with van der Waals surface area (Å²) < 4.78 is 33.6. The number of anilines is 1. The lowest BCUT2D eigenvalue weighted by Gasteiger charge is -2.28. The minimum atomic E-state index is -3.72. The molecule has 6 rings (SSSR count). The number of nitrogens with zero attached hydrogens (tertiary/aromatic N) is 2. The lowest BCUT2D eigenvalue weighted by molar-refractivity contribution is 0.0526. The van der Waals surface area contributed by atoms with E-state index in [0.717, 1.165) is 29.1 Å². The topological polar surface area (TPSA) is 96.0 Å². The van der Waals surface area contributed by atoms with Crippen molar-refractivity contribution in [3.05, 3.63) is 117 Å². The summed E-state index contributed by atoms with van der Waals surface area (Å²) >= 11 is 1.40. The van der Waals surface area contributed by atoms with Crippen LogP contribution >= 0.6 is 11.3 Å². The SMILES string of the molecule is CCOC(=O)c1c(NC(=O)c2ccc(S(=O)(=O)N3CCc4ccccc4C3)cc2)sc2c1CCN(Cc1ccccc1)C2. The van der Waals surface area contributed by atoms with Gasteiger partial charge in [-0.25, -0.2) is 13.2 Å². The van der Waals surface area contributed by atoms with Gasteiger partial charge in [-0.2, -0.15) is 4.31 Å². The van der Waals surface area contributed by atoms with E-state index in [2.05, 4.69) is 22.3 Å². The average molecular weight is 616 g/mol. The van der Waals surface area contributed by atoms with Crippen LogP contribution in [0.1, 0.15) is 54.8 Å². The predicted molar refractivity (Wildman–Crippen MR) is 167 cm³/mol. The maximum atomic E-state index is 13.4. The molecule has 0 saturated heterocycles. The van der Waals surface area contributed by atoms with Crippen LogP contribution in [0.3, 0.4) is 0 Å². The number of amides is 1. The molecule has 1 amide bonds. The monoisotopic (exact) mass is 615 g/mol. The molecule has 1 aromatic heterocycles. The van der Waals surface area contributed by atoms with Gasteiger partial charge in [0.25, 0.3) is 5.91 Å². The number of hydrogen-bond acceptors (Lipinski definition) is 7. The number of thiophene rings is 1. The predicted octanol–water partition coefficient (Wildman–Crippen LogP) is 5.48. The van der Waals surface area contributed by atoms with Crippen molar-refractivity contribution in [2.45, 2.75) is 44.3 Å². The van der Waals surface area contributed by atoms with E-state index in [1.165, 1.54) is 51.0 Å². The molecule has 0 atom stereocenters. The molecule has 222 valence electrons. The summed E-state index contributed by atoms with van der Waals surface area (Å²) in [7, 11) is -3.72. The fourth-order valence-corrected chi connectivity index (χ4v) is 8.41. The van der Waals surface area contributed by atoms with Gasteiger partial charge < -0.3 is 10.1 Å². The number of benzene rings is 3. The maximum absolute atomic E-state index is 13.4. The molecular weight excluding hydrogens is 583 g/mol. The number of fused-ring (bicyclic) bond motifs is 2. The molecule has 43 heavy (non-hydrogen) atoms. The summed E-state index contributed by atoms with van der Waals surface area (Å²) in [5.41, 5.74) is 5.04. The molecule has 0 aliphatic carbocycles. The molecule has 2 aliphatic rings. The van der Waals surface area contributed by atoms with Gasteiger partial charge in [0.1, 0.15) is 5.00 Å². The Kier molecular flexibility index (Phi) is 8.45. The minimum Gasteiger partial charge on any atom is -0.462 e. The van der Waals surface area contributed by atoms with Gasteiger partial charge in [-0.15, -0.1) is 11.3 Å². The number of carbonyl (C=O) groups is 2. The molecular formula is C33H33N3O5S2. The van der Waals surface area contributed by atoms with Gasteiger partial charge >= 0.3 is 5.97 Å². The molecule has 0 saturated carbocycles. The van der Waals surface area contributed by atoms with Crippen LogP contribution in [0, 0.1) is 0 Å². The highest BCUT2D eigenvalue weighted by Gasteiger charge is 2.31. The van der Waals surface area contributed by atoms with Crippen LogP contribution in [0.5, 0.6) is 0 Å². The highest BCUT2D eigenvalue weighted by molar-refractivity contribution is 7.89. The number of rotatable bonds is 8. The highest BCUT2D eigenvalue weighted by atomic mass is 32.2. The molecule has 1 N–H and O–H groups in total. The fourth-order valence-electron chi connectivity index (χ4n) is 5.72. The van der Waals surface area contributed by atoms with Crippen molar-refractivity contribution in [3.63, 3.8) is 0 Å². The first-order chi connectivity index (χ1) is 20.8. The lowest BCUT2D eigenvalue weighted by Crippen LogP contribution is -2.35. The van der Waals surface area contributed by atoms with Gasteiger partial charge in [-0.1, -0.05) is 54.6 Å². The molecule has 0 fully saturated rings. The quantitative estimate of drug-likeness (QED) is 0.264.